The van der Waals surface area contributed by atoms with Crippen molar-refractivity contribution < 1.29 is 14.7 Å². The van der Waals surface area contributed by atoms with Crippen LogP contribution in [0.15, 0.2) is 24.3 Å². The number of primary amides is 1. The zero-order valence-electron chi connectivity index (χ0n) is 13.9. The van der Waals surface area contributed by atoms with E-state index >= 15 is 0 Å². The standard InChI is InChI=1S/C19H26N2O3/c20-18(23)14-8-4-12(5-9-14)13-6-10-15(11-7-13)19(24)21-16-2-1-3-17(16)22/h4-5,8-9,13,15-17,22H,1-3,6-7,10-11H2,(H2,20,23)(H,21,24)/t13?,15?,16-,17-/m0/s1. The molecule has 3 rings (SSSR count). The maximum absolute atomic E-state index is 12.4. The van der Waals surface area contributed by atoms with Crippen LogP contribution in [0, 0.1) is 5.92 Å². The molecule has 0 spiro atoms. The van der Waals surface area contributed by atoms with E-state index < -0.39 is 5.91 Å². The van der Waals surface area contributed by atoms with Crippen LogP contribution in [-0.2, 0) is 4.79 Å². The summed E-state index contributed by atoms with van der Waals surface area (Å²) in [5.41, 5.74) is 7.01. The van der Waals surface area contributed by atoms with Crippen molar-refractivity contribution in [2.24, 2.45) is 11.7 Å². The number of carbonyl (C=O) groups is 2. The summed E-state index contributed by atoms with van der Waals surface area (Å²) in [6.45, 7) is 0. The number of benzene rings is 1. The Morgan fingerprint density at radius 3 is 2.21 bits per heavy atom. The Hall–Kier alpha value is -1.88. The first-order valence-electron chi connectivity index (χ1n) is 8.93. The number of nitrogens with two attached hydrogens (primary N) is 1. The zero-order valence-corrected chi connectivity index (χ0v) is 13.9. The number of rotatable bonds is 4. The van der Waals surface area contributed by atoms with Crippen LogP contribution >= 0.6 is 0 Å². The Balaban J connectivity index is 1.51. The van der Waals surface area contributed by atoms with Gasteiger partial charge in [0.1, 0.15) is 0 Å². The summed E-state index contributed by atoms with van der Waals surface area (Å²) >= 11 is 0. The third-order valence-electron chi connectivity index (χ3n) is 5.57. The fraction of sp³-hybridized carbons (Fsp3) is 0.579. The van der Waals surface area contributed by atoms with Crippen LogP contribution < -0.4 is 11.1 Å². The van der Waals surface area contributed by atoms with E-state index in [0.29, 0.717) is 11.5 Å². The molecule has 0 bridgehead atoms. The highest BCUT2D eigenvalue weighted by molar-refractivity contribution is 5.92. The summed E-state index contributed by atoms with van der Waals surface area (Å²) in [7, 11) is 0. The number of carbonyl (C=O) groups excluding carboxylic acids is 2. The number of hydrogen-bond acceptors (Lipinski definition) is 3. The van der Waals surface area contributed by atoms with Gasteiger partial charge in [0, 0.05) is 11.5 Å². The molecule has 2 fully saturated rings. The first-order valence-corrected chi connectivity index (χ1v) is 8.93. The quantitative estimate of drug-likeness (QED) is 0.789. The van der Waals surface area contributed by atoms with Gasteiger partial charge >= 0.3 is 0 Å². The lowest BCUT2D eigenvalue weighted by Crippen LogP contribution is -2.43. The predicted octanol–water partition coefficient (Wildman–Crippen LogP) is 2.09. The average molecular weight is 330 g/mol. The van der Waals surface area contributed by atoms with Crippen LogP contribution in [-0.4, -0.2) is 29.1 Å². The van der Waals surface area contributed by atoms with Gasteiger partial charge in [-0.1, -0.05) is 12.1 Å². The van der Waals surface area contributed by atoms with Gasteiger partial charge in [0.05, 0.1) is 12.1 Å². The zero-order chi connectivity index (χ0) is 17.1. The van der Waals surface area contributed by atoms with Crippen molar-refractivity contribution in [1.82, 2.24) is 5.32 Å². The fourth-order valence-electron chi connectivity index (χ4n) is 4.02. The topological polar surface area (TPSA) is 92.4 Å². The summed E-state index contributed by atoms with van der Waals surface area (Å²) in [5.74, 6) is 0.187. The van der Waals surface area contributed by atoms with Crippen molar-refractivity contribution in [2.45, 2.75) is 63.0 Å². The highest BCUT2D eigenvalue weighted by atomic mass is 16.3. The van der Waals surface area contributed by atoms with Gasteiger partial charge in [-0.05, 0) is 68.6 Å². The molecule has 0 saturated heterocycles. The monoisotopic (exact) mass is 330 g/mol. The van der Waals surface area contributed by atoms with Crippen LogP contribution in [0.1, 0.15) is 66.8 Å². The first kappa shape index (κ1) is 17.0. The van der Waals surface area contributed by atoms with E-state index in [1.54, 1.807) is 12.1 Å². The van der Waals surface area contributed by atoms with E-state index in [1.165, 1.54) is 5.56 Å². The van der Waals surface area contributed by atoms with Crippen molar-refractivity contribution in [1.29, 1.82) is 0 Å². The van der Waals surface area contributed by atoms with E-state index in [9.17, 15) is 14.7 Å². The minimum absolute atomic E-state index is 0.0546. The molecule has 2 aliphatic carbocycles. The van der Waals surface area contributed by atoms with E-state index in [2.05, 4.69) is 5.32 Å². The van der Waals surface area contributed by atoms with Crippen molar-refractivity contribution >= 4 is 11.8 Å². The third-order valence-corrected chi connectivity index (χ3v) is 5.57. The van der Waals surface area contributed by atoms with Gasteiger partial charge in [-0.3, -0.25) is 9.59 Å². The van der Waals surface area contributed by atoms with Crippen LogP contribution in [0.2, 0.25) is 0 Å². The Morgan fingerprint density at radius 2 is 1.67 bits per heavy atom. The van der Waals surface area contributed by atoms with Crippen molar-refractivity contribution in [3.05, 3.63) is 35.4 Å². The molecule has 5 heteroatoms. The largest absolute Gasteiger partial charge is 0.391 e. The molecule has 130 valence electrons. The fourth-order valence-corrected chi connectivity index (χ4v) is 4.02. The van der Waals surface area contributed by atoms with Crippen molar-refractivity contribution in [3.8, 4) is 0 Å². The lowest BCUT2D eigenvalue weighted by atomic mass is 9.78. The molecule has 2 aliphatic rings. The molecule has 24 heavy (non-hydrogen) atoms. The smallest absolute Gasteiger partial charge is 0.248 e. The molecule has 5 nitrogen and oxygen atoms in total. The first-order chi connectivity index (χ1) is 11.5. The van der Waals surface area contributed by atoms with E-state index in [-0.39, 0.29) is 24.0 Å². The summed E-state index contributed by atoms with van der Waals surface area (Å²) < 4.78 is 0. The van der Waals surface area contributed by atoms with Gasteiger partial charge in [-0.2, -0.15) is 0 Å². The highest BCUT2D eigenvalue weighted by Gasteiger charge is 2.31. The van der Waals surface area contributed by atoms with Gasteiger partial charge in [0.15, 0.2) is 0 Å². The van der Waals surface area contributed by atoms with E-state index in [4.69, 9.17) is 5.73 Å². The molecule has 0 heterocycles. The normalized spacial score (nSPS) is 30.0. The molecule has 2 amide bonds. The molecule has 0 unspecified atom stereocenters. The molecule has 1 aromatic rings. The van der Waals surface area contributed by atoms with E-state index in [0.717, 1.165) is 44.9 Å². The second-order valence-corrected chi connectivity index (χ2v) is 7.15. The summed E-state index contributed by atoms with van der Waals surface area (Å²) in [6.07, 6.45) is 5.97. The predicted molar refractivity (Wildman–Crippen MR) is 91.4 cm³/mol. The minimum Gasteiger partial charge on any atom is -0.391 e. The maximum atomic E-state index is 12.4. The summed E-state index contributed by atoms with van der Waals surface area (Å²) in [5, 5.41) is 12.9. The summed E-state index contributed by atoms with van der Waals surface area (Å²) in [6, 6.07) is 7.44. The van der Waals surface area contributed by atoms with Crippen LogP contribution in [0.25, 0.3) is 0 Å². The minimum atomic E-state index is -0.406. The Kier molecular flexibility index (Phi) is 5.19. The Labute approximate surface area is 142 Å². The van der Waals surface area contributed by atoms with Gasteiger partial charge in [0.2, 0.25) is 11.8 Å². The Morgan fingerprint density at radius 1 is 1.00 bits per heavy atom. The molecule has 2 saturated carbocycles. The number of aliphatic hydroxyl groups excluding tert-OH is 1. The molecule has 0 aliphatic heterocycles. The Bertz CT molecular complexity index is 591. The van der Waals surface area contributed by atoms with Crippen LogP contribution in [0.4, 0.5) is 0 Å². The summed E-state index contributed by atoms with van der Waals surface area (Å²) in [4.78, 5) is 23.5. The average Bonchev–Trinajstić information content (AvgIpc) is 3.00. The molecule has 1 aromatic carbocycles. The van der Waals surface area contributed by atoms with Gasteiger partial charge in [0.25, 0.3) is 0 Å². The number of aliphatic hydroxyl groups is 1. The molecule has 0 radical (unpaired) electrons. The van der Waals surface area contributed by atoms with Gasteiger partial charge < -0.3 is 16.2 Å². The highest BCUT2D eigenvalue weighted by Crippen LogP contribution is 2.36. The van der Waals surface area contributed by atoms with Crippen molar-refractivity contribution in [3.63, 3.8) is 0 Å². The number of nitrogens with one attached hydrogen (secondary N) is 1. The third kappa shape index (κ3) is 3.78. The maximum Gasteiger partial charge on any atom is 0.248 e. The SMILES string of the molecule is NC(=O)c1ccc(C2CCC(C(=O)N[C@H]3CCC[C@@H]3O)CC2)cc1. The second-order valence-electron chi connectivity index (χ2n) is 7.15. The lowest BCUT2D eigenvalue weighted by molar-refractivity contribution is -0.127. The van der Waals surface area contributed by atoms with Crippen LogP contribution in [0.3, 0.4) is 0 Å². The lowest BCUT2D eigenvalue weighted by Gasteiger charge is -2.29. The molecular weight excluding hydrogens is 304 g/mol. The molecule has 0 aromatic heterocycles. The van der Waals surface area contributed by atoms with E-state index in [1.807, 2.05) is 12.1 Å². The molecule has 4 N–H and O–H groups in total. The van der Waals surface area contributed by atoms with Gasteiger partial charge in [-0.25, -0.2) is 0 Å². The second kappa shape index (κ2) is 7.34. The molecule has 2 atom stereocenters. The number of amides is 2. The van der Waals surface area contributed by atoms with Crippen LogP contribution in [0.5, 0.6) is 0 Å². The van der Waals surface area contributed by atoms with Gasteiger partial charge in [-0.15, -0.1) is 0 Å². The number of hydrogen-bond donors (Lipinski definition) is 3. The molecular formula is C19H26N2O3. The van der Waals surface area contributed by atoms with Crippen molar-refractivity contribution in [2.75, 3.05) is 0 Å².